The lowest BCUT2D eigenvalue weighted by Gasteiger charge is -2.12. The fourth-order valence-corrected chi connectivity index (χ4v) is 4.28. The van der Waals surface area contributed by atoms with Crippen molar-refractivity contribution >= 4 is 34.1 Å². The summed E-state index contributed by atoms with van der Waals surface area (Å²) in [5, 5.41) is 14.5. The van der Waals surface area contributed by atoms with Crippen LogP contribution in [0.4, 0.5) is 9.52 Å². The van der Waals surface area contributed by atoms with Crippen molar-refractivity contribution in [3.8, 4) is 17.3 Å². The van der Waals surface area contributed by atoms with Crippen LogP contribution < -0.4 is 5.32 Å². The molecule has 0 saturated carbocycles. The number of rotatable bonds is 5. The SMILES string of the molecule is Cc1cc(C)c(C#N)c(SC(C)C(=O)Nc2nc(-c3ccc(F)cc3)cs2)n1. The number of halogens is 1. The zero-order valence-electron chi connectivity index (χ0n) is 15.5. The summed E-state index contributed by atoms with van der Waals surface area (Å²) in [7, 11) is 0. The van der Waals surface area contributed by atoms with E-state index in [1.807, 2.05) is 19.9 Å². The van der Waals surface area contributed by atoms with Gasteiger partial charge in [0.2, 0.25) is 5.91 Å². The number of hydrogen-bond acceptors (Lipinski definition) is 6. The highest BCUT2D eigenvalue weighted by atomic mass is 32.2. The fourth-order valence-electron chi connectivity index (χ4n) is 2.54. The number of benzene rings is 1. The molecule has 1 unspecified atom stereocenters. The lowest BCUT2D eigenvalue weighted by molar-refractivity contribution is -0.115. The lowest BCUT2D eigenvalue weighted by atomic mass is 10.1. The topological polar surface area (TPSA) is 78.7 Å². The van der Waals surface area contributed by atoms with Crippen molar-refractivity contribution in [1.29, 1.82) is 5.26 Å². The second kappa shape index (κ2) is 8.50. The highest BCUT2D eigenvalue weighted by Crippen LogP contribution is 2.29. The van der Waals surface area contributed by atoms with Crippen molar-refractivity contribution < 1.29 is 9.18 Å². The lowest BCUT2D eigenvalue weighted by Crippen LogP contribution is -2.22. The molecular formula is C20H17FN4OS2. The molecule has 0 bridgehead atoms. The van der Waals surface area contributed by atoms with Crippen LogP contribution in [0.15, 0.2) is 40.7 Å². The van der Waals surface area contributed by atoms with Crippen LogP contribution in [0.25, 0.3) is 11.3 Å². The van der Waals surface area contributed by atoms with Crippen molar-refractivity contribution in [3.63, 3.8) is 0 Å². The van der Waals surface area contributed by atoms with Crippen LogP contribution in [0, 0.1) is 31.0 Å². The van der Waals surface area contributed by atoms with Crippen molar-refractivity contribution in [3.05, 3.63) is 58.3 Å². The average Bonchev–Trinajstić information content (AvgIpc) is 3.10. The fraction of sp³-hybridized carbons (Fsp3) is 0.200. The molecule has 3 rings (SSSR count). The molecule has 3 aromatic rings. The van der Waals surface area contributed by atoms with E-state index in [4.69, 9.17) is 0 Å². The van der Waals surface area contributed by atoms with Gasteiger partial charge in [0.25, 0.3) is 0 Å². The molecule has 28 heavy (non-hydrogen) atoms. The molecule has 0 fully saturated rings. The number of pyridine rings is 1. The van der Waals surface area contributed by atoms with Crippen LogP contribution in [-0.2, 0) is 4.79 Å². The monoisotopic (exact) mass is 412 g/mol. The third kappa shape index (κ3) is 4.55. The largest absolute Gasteiger partial charge is 0.301 e. The number of nitriles is 1. The number of thiazole rings is 1. The Morgan fingerprint density at radius 1 is 1.29 bits per heavy atom. The minimum absolute atomic E-state index is 0.227. The summed E-state index contributed by atoms with van der Waals surface area (Å²) in [6.07, 6.45) is 0. The van der Waals surface area contributed by atoms with E-state index in [2.05, 4.69) is 21.4 Å². The van der Waals surface area contributed by atoms with Gasteiger partial charge in [-0.2, -0.15) is 5.26 Å². The second-order valence-corrected chi connectivity index (χ2v) is 8.35. The van der Waals surface area contributed by atoms with Crippen LogP contribution in [0.3, 0.4) is 0 Å². The number of nitrogens with zero attached hydrogens (tertiary/aromatic N) is 3. The van der Waals surface area contributed by atoms with Gasteiger partial charge in [-0.1, -0.05) is 11.8 Å². The molecule has 2 aromatic heterocycles. The van der Waals surface area contributed by atoms with Gasteiger partial charge in [-0.25, -0.2) is 14.4 Å². The van der Waals surface area contributed by atoms with Gasteiger partial charge in [-0.3, -0.25) is 4.79 Å². The number of amides is 1. The summed E-state index contributed by atoms with van der Waals surface area (Å²) in [4.78, 5) is 21.3. The molecule has 0 spiro atoms. The molecule has 142 valence electrons. The zero-order valence-corrected chi connectivity index (χ0v) is 17.1. The van der Waals surface area contributed by atoms with Crippen LogP contribution >= 0.6 is 23.1 Å². The number of aromatic nitrogens is 2. The summed E-state index contributed by atoms with van der Waals surface area (Å²) >= 11 is 2.54. The standard InChI is InChI=1S/C20H17FN4OS2/c1-11-8-12(2)23-19(16(11)9-22)28-13(3)18(26)25-20-24-17(10-27-20)14-4-6-15(21)7-5-14/h4-8,10,13H,1-3H3,(H,24,25,26). The first-order valence-electron chi connectivity index (χ1n) is 8.44. The van der Waals surface area contributed by atoms with Gasteiger partial charge in [0.1, 0.15) is 16.9 Å². The summed E-state index contributed by atoms with van der Waals surface area (Å²) in [5.74, 6) is -0.537. The maximum absolute atomic E-state index is 13.0. The van der Waals surface area contributed by atoms with E-state index in [0.29, 0.717) is 21.4 Å². The Labute approximate surface area is 170 Å². The van der Waals surface area contributed by atoms with Crippen molar-refractivity contribution in [2.24, 2.45) is 0 Å². The quantitative estimate of drug-likeness (QED) is 0.600. The van der Waals surface area contributed by atoms with Crippen LogP contribution in [0.1, 0.15) is 23.7 Å². The molecular weight excluding hydrogens is 395 g/mol. The predicted molar refractivity (Wildman–Crippen MR) is 110 cm³/mol. The van der Waals surface area contributed by atoms with Gasteiger partial charge in [0.15, 0.2) is 5.13 Å². The summed E-state index contributed by atoms with van der Waals surface area (Å²) in [5.41, 5.74) is 3.58. The van der Waals surface area contributed by atoms with Crippen LogP contribution in [0.2, 0.25) is 0 Å². The highest BCUT2D eigenvalue weighted by molar-refractivity contribution is 8.00. The average molecular weight is 413 g/mol. The molecule has 0 saturated heterocycles. The Bertz CT molecular complexity index is 1060. The number of carbonyl (C=O) groups excluding carboxylic acids is 1. The first kappa shape index (κ1) is 20.0. The van der Waals surface area contributed by atoms with Gasteiger partial charge in [-0.15, -0.1) is 11.3 Å². The van der Waals surface area contributed by atoms with Crippen molar-refractivity contribution in [2.75, 3.05) is 5.32 Å². The van der Waals surface area contributed by atoms with E-state index < -0.39 is 5.25 Å². The Morgan fingerprint density at radius 3 is 2.68 bits per heavy atom. The molecule has 2 heterocycles. The maximum Gasteiger partial charge on any atom is 0.239 e. The van der Waals surface area contributed by atoms with E-state index in [0.717, 1.165) is 16.8 Å². The van der Waals surface area contributed by atoms with Crippen molar-refractivity contribution in [2.45, 2.75) is 31.0 Å². The van der Waals surface area contributed by atoms with E-state index in [-0.39, 0.29) is 11.7 Å². The maximum atomic E-state index is 13.0. The number of aryl methyl sites for hydroxylation is 2. The van der Waals surface area contributed by atoms with E-state index in [1.54, 1.807) is 24.4 Å². The second-order valence-electron chi connectivity index (χ2n) is 6.17. The molecule has 5 nitrogen and oxygen atoms in total. The van der Waals surface area contributed by atoms with E-state index in [9.17, 15) is 14.4 Å². The minimum atomic E-state index is -0.459. The number of hydrogen-bond donors (Lipinski definition) is 1. The molecule has 1 amide bonds. The van der Waals surface area contributed by atoms with Gasteiger partial charge in [0, 0.05) is 16.6 Å². The minimum Gasteiger partial charge on any atom is -0.301 e. The highest BCUT2D eigenvalue weighted by Gasteiger charge is 2.20. The smallest absolute Gasteiger partial charge is 0.239 e. The van der Waals surface area contributed by atoms with Gasteiger partial charge >= 0.3 is 0 Å². The van der Waals surface area contributed by atoms with Gasteiger partial charge in [0.05, 0.1) is 16.5 Å². The third-order valence-corrected chi connectivity index (χ3v) is 5.80. The molecule has 1 atom stereocenters. The zero-order chi connectivity index (χ0) is 20.3. The molecule has 0 aliphatic carbocycles. The Kier molecular flexibility index (Phi) is 6.07. The first-order valence-corrected chi connectivity index (χ1v) is 10.2. The number of anilines is 1. The number of nitrogens with one attached hydrogen (secondary N) is 1. The van der Waals surface area contributed by atoms with Gasteiger partial charge in [-0.05, 0) is 56.7 Å². The van der Waals surface area contributed by atoms with E-state index >= 15 is 0 Å². The summed E-state index contributed by atoms with van der Waals surface area (Å²) < 4.78 is 13.0. The molecule has 1 N–H and O–H groups in total. The number of carbonyl (C=O) groups is 1. The van der Waals surface area contributed by atoms with Gasteiger partial charge < -0.3 is 5.32 Å². The molecule has 0 radical (unpaired) electrons. The predicted octanol–water partition coefficient (Wildman–Crippen LogP) is 4.95. The Hall–Kier alpha value is -2.76. The Morgan fingerprint density at radius 2 is 2.00 bits per heavy atom. The van der Waals surface area contributed by atoms with Crippen LogP contribution in [-0.4, -0.2) is 21.1 Å². The van der Waals surface area contributed by atoms with Crippen LogP contribution in [0.5, 0.6) is 0 Å². The number of thioether (sulfide) groups is 1. The summed E-state index contributed by atoms with van der Waals surface area (Å²) in [6, 6.07) is 10.0. The molecule has 0 aliphatic rings. The third-order valence-electron chi connectivity index (χ3n) is 3.96. The molecule has 1 aromatic carbocycles. The Balaban J connectivity index is 1.70. The summed E-state index contributed by atoms with van der Waals surface area (Å²) in [6.45, 7) is 5.47. The van der Waals surface area contributed by atoms with Crippen molar-refractivity contribution in [1.82, 2.24) is 9.97 Å². The molecule has 0 aliphatic heterocycles. The normalized spacial score (nSPS) is 11.7. The van der Waals surface area contributed by atoms with E-state index in [1.165, 1.54) is 35.2 Å². The first-order chi connectivity index (χ1) is 13.4. The molecule has 8 heteroatoms.